The molecule has 8 heteroatoms. The van der Waals surface area contributed by atoms with Gasteiger partial charge in [-0.25, -0.2) is 10.2 Å². The number of hydrogen-bond donors (Lipinski definition) is 2. The third-order valence-electron chi connectivity index (χ3n) is 3.24. The van der Waals surface area contributed by atoms with Crippen LogP contribution in [-0.4, -0.2) is 30.3 Å². The van der Waals surface area contributed by atoms with Crippen LogP contribution in [0.15, 0.2) is 46.0 Å². The minimum Gasteiger partial charge on any atom is -0.493 e. The fraction of sp³-hybridized carbons (Fsp3) is 0.167. The number of hydrogen-bond acceptors (Lipinski definition) is 5. The SMILES string of the molecule is COc1cc(/C=N\NC(C)=O)cc(Br)c1OCc1cccc(C(=O)O)c1. The molecule has 0 aliphatic rings. The molecule has 1 amide bonds. The lowest BCUT2D eigenvalue weighted by atomic mass is 10.1. The van der Waals surface area contributed by atoms with Crippen molar-refractivity contribution >= 4 is 34.0 Å². The lowest BCUT2D eigenvalue weighted by molar-refractivity contribution is -0.118. The normalized spacial score (nSPS) is 10.6. The van der Waals surface area contributed by atoms with E-state index in [0.717, 1.165) is 5.56 Å². The maximum Gasteiger partial charge on any atom is 0.335 e. The molecule has 0 aliphatic carbocycles. The molecule has 2 rings (SSSR count). The molecule has 0 radical (unpaired) electrons. The second kappa shape index (κ2) is 9.00. The smallest absolute Gasteiger partial charge is 0.335 e. The van der Waals surface area contributed by atoms with Gasteiger partial charge in [-0.15, -0.1) is 0 Å². The van der Waals surface area contributed by atoms with Gasteiger partial charge in [0.15, 0.2) is 11.5 Å². The molecule has 0 aromatic heterocycles. The number of nitrogens with zero attached hydrogens (tertiary/aromatic N) is 1. The predicted molar refractivity (Wildman–Crippen MR) is 99.8 cm³/mol. The van der Waals surface area contributed by atoms with Crippen molar-refractivity contribution in [2.45, 2.75) is 13.5 Å². The largest absolute Gasteiger partial charge is 0.493 e. The molecule has 2 N–H and O–H groups in total. The van der Waals surface area contributed by atoms with Crippen molar-refractivity contribution in [3.63, 3.8) is 0 Å². The van der Waals surface area contributed by atoms with Gasteiger partial charge in [0.05, 0.1) is 23.4 Å². The lowest BCUT2D eigenvalue weighted by Crippen LogP contribution is -2.12. The summed E-state index contributed by atoms with van der Waals surface area (Å²) < 4.78 is 11.8. The number of methoxy groups -OCH3 is 1. The fourth-order valence-corrected chi connectivity index (χ4v) is 2.68. The van der Waals surface area contributed by atoms with Crippen molar-refractivity contribution in [2.75, 3.05) is 7.11 Å². The van der Waals surface area contributed by atoms with Gasteiger partial charge >= 0.3 is 5.97 Å². The third kappa shape index (κ3) is 5.32. The molecule has 0 saturated heterocycles. The Hall–Kier alpha value is -2.87. The van der Waals surface area contributed by atoms with Crippen molar-refractivity contribution in [3.8, 4) is 11.5 Å². The molecular formula is C18H17BrN2O5. The molecule has 2 aromatic carbocycles. The monoisotopic (exact) mass is 420 g/mol. The number of carboxylic acid groups (broad SMARTS) is 1. The van der Waals surface area contributed by atoms with Crippen LogP contribution in [0.3, 0.4) is 0 Å². The van der Waals surface area contributed by atoms with Gasteiger partial charge in [0.1, 0.15) is 6.61 Å². The minimum absolute atomic E-state index is 0.176. The molecule has 0 fully saturated rings. The maximum absolute atomic E-state index is 11.0. The highest BCUT2D eigenvalue weighted by molar-refractivity contribution is 9.10. The standard InChI is InChI=1S/C18H17BrN2O5/c1-11(22)21-20-9-13-7-15(19)17(16(8-13)25-2)26-10-12-4-3-5-14(6-12)18(23)24/h3-9H,10H2,1-2H3,(H,21,22)(H,23,24)/b20-9-. The first kappa shape index (κ1) is 19.5. The number of carbonyl (C=O) groups excluding carboxylic acids is 1. The van der Waals surface area contributed by atoms with E-state index in [1.165, 1.54) is 26.3 Å². The number of hydrazone groups is 1. The topological polar surface area (TPSA) is 97.2 Å². The lowest BCUT2D eigenvalue weighted by Gasteiger charge is -2.13. The Balaban J connectivity index is 2.18. The van der Waals surface area contributed by atoms with E-state index in [4.69, 9.17) is 14.6 Å². The Labute approximate surface area is 158 Å². The number of carboxylic acids is 1. The van der Waals surface area contributed by atoms with E-state index >= 15 is 0 Å². The minimum atomic E-state index is -0.992. The number of halogens is 1. The van der Waals surface area contributed by atoms with Crippen LogP contribution in [0.4, 0.5) is 0 Å². The summed E-state index contributed by atoms with van der Waals surface area (Å²) in [6, 6.07) is 9.98. The van der Waals surface area contributed by atoms with Gasteiger partial charge in [0.2, 0.25) is 5.91 Å². The number of aromatic carboxylic acids is 1. The molecule has 0 heterocycles. The van der Waals surface area contributed by atoms with Crippen LogP contribution >= 0.6 is 15.9 Å². The zero-order chi connectivity index (χ0) is 19.1. The van der Waals surface area contributed by atoms with Crippen LogP contribution in [0.25, 0.3) is 0 Å². The first-order chi connectivity index (χ1) is 12.4. The van der Waals surface area contributed by atoms with E-state index in [1.807, 2.05) is 0 Å². The highest BCUT2D eigenvalue weighted by atomic mass is 79.9. The Morgan fingerprint density at radius 2 is 2.08 bits per heavy atom. The van der Waals surface area contributed by atoms with E-state index in [0.29, 0.717) is 21.5 Å². The number of rotatable bonds is 7. The molecule has 0 bridgehead atoms. The highest BCUT2D eigenvalue weighted by Gasteiger charge is 2.12. The average molecular weight is 421 g/mol. The van der Waals surface area contributed by atoms with Crippen molar-refractivity contribution in [3.05, 3.63) is 57.6 Å². The van der Waals surface area contributed by atoms with Gasteiger partial charge in [0, 0.05) is 6.92 Å². The summed E-state index contributed by atoms with van der Waals surface area (Å²) in [5.41, 5.74) is 3.93. The van der Waals surface area contributed by atoms with E-state index in [-0.39, 0.29) is 18.1 Å². The molecule has 0 spiro atoms. The van der Waals surface area contributed by atoms with Crippen molar-refractivity contribution < 1.29 is 24.2 Å². The summed E-state index contributed by atoms with van der Waals surface area (Å²) in [7, 11) is 1.51. The van der Waals surface area contributed by atoms with Gasteiger partial charge in [-0.3, -0.25) is 4.79 Å². The molecule has 136 valence electrons. The molecule has 7 nitrogen and oxygen atoms in total. The molecular weight excluding hydrogens is 404 g/mol. The Kier molecular flexibility index (Phi) is 6.74. The molecule has 0 aliphatic heterocycles. The number of benzene rings is 2. The van der Waals surface area contributed by atoms with Crippen molar-refractivity contribution in [1.29, 1.82) is 0 Å². The number of nitrogens with one attached hydrogen (secondary N) is 1. The zero-order valence-corrected chi connectivity index (χ0v) is 15.7. The summed E-state index contributed by atoms with van der Waals surface area (Å²) in [6.07, 6.45) is 1.48. The fourth-order valence-electron chi connectivity index (χ4n) is 2.10. The van der Waals surface area contributed by atoms with Gasteiger partial charge < -0.3 is 14.6 Å². The van der Waals surface area contributed by atoms with Gasteiger partial charge in [-0.05, 0) is 51.3 Å². The van der Waals surface area contributed by atoms with E-state index in [9.17, 15) is 9.59 Å². The molecule has 2 aromatic rings. The first-order valence-corrected chi connectivity index (χ1v) is 8.32. The van der Waals surface area contributed by atoms with Crippen LogP contribution in [0.5, 0.6) is 11.5 Å². The number of carbonyl (C=O) groups is 2. The summed E-state index contributed by atoms with van der Waals surface area (Å²) in [6.45, 7) is 1.54. The molecule has 0 unspecified atom stereocenters. The Morgan fingerprint density at radius 1 is 1.31 bits per heavy atom. The third-order valence-corrected chi connectivity index (χ3v) is 3.83. The van der Waals surface area contributed by atoms with Crippen LogP contribution in [-0.2, 0) is 11.4 Å². The number of ether oxygens (including phenoxy) is 2. The second-order valence-electron chi connectivity index (χ2n) is 5.25. The second-order valence-corrected chi connectivity index (χ2v) is 6.11. The van der Waals surface area contributed by atoms with Gasteiger partial charge in [-0.2, -0.15) is 5.10 Å². The summed E-state index contributed by atoms with van der Waals surface area (Å²) >= 11 is 3.42. The van der Waals surface area contributed by atoms with Crippen molar-refractivity contribution in [2.24, 2.45) is 5.10 Å². The van der Waals surface area contributed by atoms with Gasteiger partial charge in [0.25, 0.3) is 0 Å². The average Bonchev–Trinajstić information content (AvgIpc) is 2.60. The van der Waals surface area contributed by atoms with E-state index in [2.05, 4.69) is 26.5 Å². The van der Waals surface area contributed by atoms with E-state index in [1.54, 1.807) is 30.3 Å². The Bertz CT molecular complexity index is 851. The quantitative estimate of drug-likeness (QED) is 0.529. The molecule has 26 heavy (non-hydrogen) atoms. The molecule has 0 saturated carbocycles. The molecule has 0 atom stereocenters. The van der Waals surface area contributed by atoms with Crippen LogP contribution in [0.2, 0.25) is 0 Å². The summed E-state index contributed by atoms with van der Waals surface area (Å²) in [5, 5.41) is 12.9. The summed E-state index contributed by atoms with van der Waals surface area (Å²) in [4.78, 5) is 21.9. The zero-order valence-electron chi connectivity index (χ0n) is 14.2. The Morgan fingerprint density at radius 3 is 2.73 bits per heavy atom. The van der Waals surface area contributed by atoms with E-state index < -0.39 is 5.97 Å². The van der Waals surface area contributed by atoms with Crippen molar-refractivity contribution in [1.82, 2.24) is 5.43 Å². The van der Waals surface area contributed by atoms with Crippen LogP contribution in [0, 0.1) is 0 Å². The summed E-state index contributed by atoms with van der Waals surface area (Å²) in [5.74, 6) is -0.313. The van der Waals surface area contributed by atoms with Crippen LogP contribution < -0.4 is 14.9 Å². The predicted octanol–water partition coefficient (Wildman–Crippen LogP) is 3.20. The first-order valence-electron chi connectivity index (χ1n) is 7.53. The van der Waals surface area contributed by atoms with Gasteiger partial charge in [-0.1, -0.05) is 12.1 Å². The maximum atomic E-state index is 11.0. The van der Waals surface area contributed by atoms with Crippen LogP contribution in [0.1, 0.15) is 28.4 Å². The highest BCUT2D eigenvalue weighted by Crippen LogP contribution is 2.36. The number of amides is 1.